The van der Waals surface area contributed by atoms with Crippen LogP contribution in [0, 0.1) is 13.8 Å². The molecule has 1 atom stereocenters. The summed E-state index contributed by atoms with van der Waals surface area (Å²) >= 11 is 3.48. The Morgan fingerprint density at radius 2 is 2.05 bits per heavy atom. The first-order valence-corrected chi connectivity index (χ1v) is 7.69. The number of carbonyl (C=O) groups excluding carboxylic acids is 1. The predicted molar refractivity (Wildman–Crippen MR) is 96.2 cm³/mol. The molecule has 0 aliphatic rings. The van der Waals surface area contributed by atoms with Gasteiger partial charge >= 0.3 is 0 Å². The number of hydrogen-bond donors (Lipinski definition) is 2. The maximum Gasteiger partial charge on any atom is 0.253 e. The molecule has 0 saturated heterocycles. The number of benzene rings is 1. The predicted octanol–water partition coefficient (Wildman–Crippen LogP) is 3.36. The van der Waals surface area contributed by atoms with Crippen molar-refractivity contribution in [3.63, 3.8) is 0 Å². The molecular weight excluding hydrogens is 366 g/mol. The Labute approximate surface area is 145 Å². The van der Waals surface area contributed by atoms with Gasteiger partial charge in [-0.3, -0.25) is 4.79 Å². The highest BCUT2D eigenvalue weighted by Crippen LogP contribution is 2.23. The minimum Gasteiger partial charge on any atom is -0.348 e. The third kappa shape index (κ3) is 3.91. The summed E-state index contributed by atoms with van der Waals surface area (Å²) in [4.78, 5) is 12.3. The van der Waals surface area contributed by atoms with Crippen LogP contribution in [0.1, 0.15) is 28.7 Å². The van der Waals surface area contributed by atoms with Gasteiger partial charge in [0.1, 0.15) is 0 Å². The molecule has 0 radical (unpaired) electrons. The van der Waals surface area contributed by atoms with Crippen molar-refractivity contribution in [2.75, 3.05) is 6.54 Å². The highest BCUT2D eigenvalue weighted by Gasteiger charge is 2.17. The van der Waals surface area contributed by atoms with Crippen LogP contribution in [0.2, 0.25) is 0 Å². The van der Waals surface area contributed by atoms with Crippen LogP contribution >= 0.6 is 28.3 Å². The Morgan fingerprint density at radius 3 is 2.64 bits per heavy atom. The van der Waals surface area contributed by atoms with E-state index in [0.717, 1.165) is 21.5 Å². The Morgan fingerprint density at radius 1 is 1.36 bits per heavy atom. The van der Waals surface area contributed by atoms with E-state index in [2.05, 4.69) is 25.8 Å². The lowest BCUT2D eigenvalue weighted by molar-refractivity contribution is 0.0940. The zero-order valence-electron chi connectivity index (χ0n) is 12.9. The molecule has 0 unspecified atom stereocenters. The summed E-state index contributed by atoms with van der Waals surface area (Å²) in [6.07, 6.45) is 0. The monoisotopic (exact) mass is 385 g/mol. The molecule has 4 nitrogen and oxygen atoms in total. The van der Waals surface area contributed by atoms with Crippen molar-refractivity contribution in [1.82, 2.24) is 9.88 Å². The van der Waals surface area contributed by atoms with Crippen LogP contribution in [0.3, 0.4) is 0 Å². The van der Waals surface area contributed by atoms with Crippen LogP contribution in [0.25, 0.3) is 5.69 Å². The molecule has 1 aromatic carbocycles. The van der Waals surface area contributed by atoms with E-state index >= 15 is 0 Å². The number of nitrogens with two attached hydrogens (primary N) is 1. The topological polar surface area (TPSA) is 60.1 Å². The van der Waals surface area contributed by atoms with Crippen molar-refractivity contribution in [3.05, 3.63) is 51.8 Å². The Kier molecular flexibility index (Phi) is 6.66. The molecule has 0 aliphatic carbocycles. The lowest BCUT2D eigenvalue weighted by Gasteiger charge is -2.12. The van der Waals surface area contributed by atoms with Gasteiger partial charge in [0, 0.05) is 34.1 Å². The summed E-state index contributed by atoms with van der Waals surface area (Å²) in [5.74, 6) is -0.0812. The molecular formula is C16H21BrClN3O. The van der Waals surface area contributed by atoms with Gasteiger partial charge in [-0.25, -0.2) is 0 Å². The summed E-state index contributed by atoms with van der Waals surface area (Å²) in [7, 11) is 0. The standard InChI is InChI=1S/C16H20BrN3O.ClH/c1-10(9-18)19-16(21)15-7-11(2)20(12(15)3)14-6-4-5-13(17)8-14;/h4-8,10H,9,18H2,1-3H3,(H,19,21);1H/t10-;/m0./s1. The van der Waals surface area contributed by atoms with Crippen molar-refractivity contribution >= 4 is 34.2 Å². The third-order valence-corrected chi connectivity index (χ3v) is 3.97. The molecule has 22 heavy (non-hydrogen) atoms. The minimum absolute atomic E-state index is 0. The number of nitrogens with one attached hydrogen (secondary N) is 1. The van der Waals surface area contributed by atoms with E-state index in [-0.39, 0.29) is 24.4 Å². The molecule has 1 amide bonds. The van der Waals surface area contributed by atoms with Gasteiger partial charge in [0.2, 0.25) is 0 Å². The van der Waals surface area contributed by atoms with Gasteiger partial charge in [-0.15, -0.1) is 12.4 Å². The number of nitrogens with zero attached hydrogens (tertiary/aromatic N) is 1. The highest BCUT2D eigenvalue weighted by atomic mass is 79.9. The first-order chi connectivity index (χ1) is 9.93. The summed E-state index contributed by atoms with van der Waals surface area (Å²) < 4.78 is 3.09. The average molecular weight is 387 g/mol. The van der Waals surface area contributed by atoms with E-state index in [9.17, 15) is 4.79 Å². The molecule has 0 spiro atoms. The fourth-order valence-electron chi connectivity index (χ4n) is 2.37. The molecule has 2 rings (SSSR count). The molecule has 6 heteroatoms. The normalized spacial score (nSPS) is 11.7. The zero-order valence-corrected chi connectivity index (χ0v) is 15.3. The summed E-state index contributed by atoms with van der Waals surface area (Å²) in [5.41, 5.74) is 9.22. The number of halogens is 2. The average Bonchev–Trinajstić information content (AvgIpc) is 2.74. The van der Waals surface area contributed by atoms with Crippen molar-refractivity contribution < 1.29 is 4.79 Å². The van der Waals surface area contributed by atoms with Crippen molar-refractivity contribution in [2.45, 2.75) is 26.8 Å². The van der Waals surface area contributed by atoms with E-state index < -0.39 is 0 Å². The quantitative estimate of drug-likeness (QED) is 0.846. The number of hydrogen-bond acceptors (Lipinski definition) is 2. The van der Waals surface area contributed by atoms with Crippen LogP contribution in [-0.4, -0.2) is 23.1 Å². The lowest BCUT2D eigenvalue weighted by Crippen LogP contribution is -2.37. The Balaban J connectivity index is 0.00000242. The minimum atomic E-state index is -0.0812. The van der Waals surface area contributed by atoms with E-state index in [1.165, 1.54) is 0 Å². The summed E-state index contributed by atoms with van der Waals surface area (Å²) in [5, 5.41) is 2.90. The van der Waals surface area contributed by atoms with Gasteiger partial charge in [-0.2, -0.15) is 0 Å². The molecule has 0 aliphatic heterocycles. The van der Waals surface area contributed by atoms with Crippen molar-refractivity contribution in [3.8, 4) is 5.69 Å². The van der Waals surface area contributed by atoms with Crippen LogP contribution in [-0.2, 0) is 0 Å². The van der Waals surface area contributed by atoms with Gasteiger partial charge in [0.15, 0.2) is 0 Å². The van der Waals surface area contributed by atoms with Crippen LogP contribution in [0.5, 0.6) is 0 Å². The maximum absolute atomic E-state index is 12.3. The van der Waals surface area contributed by atoms with Crippen molar-refractivity contribution in [1.29, 1.82) is 0 Å². The maximum atomic E-state index is 12.3. The molecule has 0 bridgehead atoms. The SMILES string of the molecule is Cc1cc(C(=O)N[C@@H](C)CN)c(C)n1-c1cccc(Br)c1.Cl. The largest absolute Gasteiger partial charge is 0.348 e. The molecule has 3 N–H and O–H groups in total. The number of aryl methyl sites for hydroxylation is 1. The second kappa shape index (κ2) is 7.81. The van der Waals surface area contributed by atoms with Crippen LogP contribution in [0.4, 0.5) is 0 Å². The van der Waals surface area contributed by atoms with Gasteiger partial charge in [0.05, 0.1) is 5.56 Å². The van der Waals surface area contributed by atoms with Crippen LogP contribution in [0.15, 0.2) is 34.8 Å². The van der Waals surface area contributed by atoms with Gasteiger partial charge in [0.25, 0.3) is 5.91 Å². The number of aromatic nitrogens is 1. The van der Waals surface area contributed by atoms with E-state index in [1.807, 2.05) is 51.1 Å². The number of rotatable bonds is 4. The molecule has 0 saturated carbocycles. The number of amides is 1. The fourth-order valence-corrected chi connectivity index (χ4v) is 2.75. The first kappa shape index (κ1) is 18.7. The second-order valence-electron chi connectivity index (χ2n) is 5.21. The first-order valence-electron chi connectivity index (χ1n) is 6.90. The van der Waals surface area contributed by atoms with E-state index in [1.54, 1.807) is 0 Å². The smallest absolute Gasteiger partial charge is 0.253 e. The summed E-state index contributed by atoms with van der Waals surface area (Å²) in [6, 6.07) is 9.89. The van der Waals surface area contributed by atoms with Crippen LogP contribution < -0.4 is 11.1 Å². The van der Waals surface area contributed by atoms with Gasteiger partial charge in [-0.1, -0.05) is 22.0 Å². The van der Waals surface area contributed by atoms with Crippen molar-refractivity contribution in [2.24, 2.45) is 5.73 Å². The van der Waals surface area contributed by atoms with E-state index in [0.29, 0.717) is 12.1 Å². The highest BCUT2D eigenvalue weighted by molar-refractivity contribution is 9.10. The van der Waals surface area contributed by atoms with Gasteiger partial charge in [-0.05, 0) is 45.0 Å². The second-order valence-corrected chi connectivity index (χ2v) is 6.13. The zero-order chi connectivity index (χ0) is 15.6. The third-order valence-electron chi connectivity index (χ3n) is 3.47. The molecule has 120 valence electrons. The molecule has 1 heterocycles. The lowest BCUT2D eigenvalue weighted by atomic mass is 10.2. The Hall–Kier alpha value is -1.30. The van der Waals surface area contributed by atoms with E-state index in [4.69, 9.17) is 5.73 Å². The van der Waals surface area contributed by atoms with Gasteiger partial charge < -0.3 is 15.6 Å². The summed E-state index contributed by atoms with van der Waals surface area (Å²) in [6.45, 7) is 6.27. The Bertz CT molecular complexity index is 669. The molecule has 1 aromatic heterocycles. The molecule has 2 aromatic rings. The number of carbonyl (C=O) groups is 1. The molecule has 0 fully saturated rings. The fraction of sp³-hybridized carbons (Fsp3) is 0.312.